The number of benzene rings is 1. The minimum atomic E-state index is -0.872. The topological polar surface area (TPSA) is 61.7 Å². The summed E-state index contributed by atoms with van der Waals surface area (Å²) in [6, 6.07) is 7.61. The number of aliphatic carboxylic acids is 1. The molecule has 1 aromatic rings. The second-order valence-corrected chi connectivity index (χ2v) is 3.22. The highest BCUT2D eigenvalue weighted by molar-refractivity contribution is 5.89. The van der Waals surface area contributed by atoms with Crippen molar-refractivity contribution in [2.24, 2.45) is 4.99 Å². The Morgan fingerprint density at radius 2 is 2.20 bits per heavy atom. The number of hydrogen-bond acceptors (Lipinski definition) is 3. The van der Waals surface area contributed by atoms with Gasteiger partial charge in [0.1, 0.15) is 0 Å². The van der Waals surface area contributed by atoms with Gasteiger partial charge < -0.3 is 10.4 Å². The van der Waals surface area contributed by atoms with Gasteiger partial charge in [-0.3, -0.25) is 9.79 Å². The van der Waals surface area contributed by atoms with Gasteiger partial charge in [0, 0.05) is 29.4 Å². The first-order valence-electron chi connectivity index (χ1n) is 4.56. The van der Waals surface area contributed by atoms with E-state index in [1.807, 2.05) is 24.3 Å². The van der Waals surface area contributed by atoms with Gasteiger partial charge in [-0.2, -0.15) is 0 Å². The lowest BCUT2D eigenvalue weighted by molar-refractivity contribution is -0.136. The third-order valence-corrected chi connectivity index (χ3v) is 2.04. The minimum Gasteiger partial charge on any atom is -0.481 e. The molecular weight excluding hydrogens is 192 g/mol. The zero-order chi connectivity index (χ0) is 10.7. The molecule has 0 spiro atoms. The zero-order valence-corrected chi connectivity index (χ0v) is 7.97. The summed E-state index contributed by atoms with van der Waals surface area (Å²) in [5.74, 6) is -0.872. The average Bonchev–Trinajstić information content (AvgIpc) is 2.38. The summed E-state index contributed by atoms with van der Waals surface area (Å²) in [6.07, 6.45) is 3.19. The van der Waals surface area contributed by atoms with Gasteiger partial charge >= 0.3 is 5.97 Å². The van der Waals surface area contributed by atoms with E-state index < -0.39 is 5.97 Å². The number of rotatable bonds is 2. The first-order valence-corrected chi connectivity index (χ1v) is 4.56. The molecule has 0 aliphatic carbocycles. The fourth-order valence-corrected chi connectivity index (χ4v) is 1.39. The molecule has 4 nitrogen and oxygen atoms in total. The fraction of sp³-hybridized carbons (Fsp3) is 0.0909. The monoisotopic (exact) mass is 202 g/mol. The van der Waals surface area contributed by atoms with Crippen LogP contribution in [-0.2, 0) is 4.79 Å². The van der Waals surface area contributed by atoms with Crippen LogP contribution in [0.25, 0.3) is 0 Å². The number of nitrogens with zero attached hydrogens (tertiary/aromatic N) is 1. The Kier molecular flexibility index (Phi) is 2.49. The van der Waals surface area contributed by atoms with Gasteiger partial charge in [-0.25, -0.2) is 0 Å². The van der Waals surface area contributed by atoms with Crippen molar-refractivity contribution < 1.29 is 9.90 Å². The fourth-order valence-electron chi connectivity index (χ4n) is 1.39. The maximum Gasteiger partial charge on any atom is 0.309 e. The van der Waals surface area contributed by atoms with Crippen LogP contribution in [0.3, 0.4) is 0 Å². The molecule has 2 rings (SSSR count). The van der Waals surface area contributed by atoms with Crippen LogP contribution in [0.2, 0.25) is 0 Å². The van der Waals surface area contributed by atoms with Gasteiger partial charge in [-0.05, 0) is 6.07 Å². The summed E-state index contributed by atoms with van der Waals surface area (Å²) in [5, 5.41) is 11.7. The number of para-hydroxylation sites is 1. The number of carboxylic acids is 1. The normalized spacial score (nSPS) is 13.5. The van der Waals surface area contributed by atoms with Crippen LogP contribution in [0.5, 0.6) is 0 Å². The lowest BCUT2D eigenvalue weighted by Gasteiger charge is -2.08. The smallest absolute Gasteiger partial charge is 0.309 e. The molecule has 0 radical (unpaired) electrons. The van der Waals surface area contributed by atoms with Gasteiger partial charge in [0.05, 0.1) is 6.42 Å². The molecule has 0 amide bonds. The van der Waals surface area contributed by atoms with E-state index in [1.54, 1.807) is 6.21 Å². The highest BCUT2D eigenvalue weighted by Gasteiger charge is 2.08. The van der Waals surface area contributed by atoms with Crippen molar-refractivity contribution in [3.8, 4) is 0 Å². The third-order valence-electron chi connectivity index (χ3n) is 2.04. The Labute approximate surface area is 87.0 Å². The SMILES string of the molecule is O=C(O)CC1=CN=Cc2ccccc2N1. The summed E-state index contributed by atoms with van der Waals surface area (Å²) in [4.78, 5) is 14.6. The van der Waals surface area contributed by atoms with E-state index in [2.05, 4.69) is 10.3 Å². The molecule has 0 unspecified atom stereocenters. The predicted octanol–water partition coefficient (Wildman–Crippen LogP) is 1.85. The van der Waals surface area contributed by atoms with Gasteiger partial charge in [0.2, 0.25) is 0 Å². The van der Waals surface area contributed by atoms with Crippen LogP contribution in [0.15, 0.2) is 41.2 Å². The number of nitrogens with one attached hydrogen (secondary N) is 1. The molecule has 0 bridgehead atoms. The van der Waals surface area contributed by atoms with Crippen LogP contribution < -0.4 is 5.32 Å². The minimum absolute atomic E-state index is 0.0499. The third kappa shape index (κ3) is 2.22. The van der Waals surface area contributed by atoms with Gasteiger partial charge in [0.15, 0.2) is 0 Å². The van der Waals surface area contributed by atoms with Crippen molar-refractivity contribution in [3.05, 3.63) is 41.7 Å². The molecule has 0 saturated carbocycles. The number of anilines is 1. The molecule has 1 aliphatic rings. The molecule has 0 aromatic heterocycles. The predicted molar refractivity (Wildman–Crippen MR) is 58.0 cm³/mol. The lowest BCUT2D eigenvalue weighted by atomic mass is 10.2. The van der Waals surface area contributed by atoms with Crippen LogP contribution >= 0.6 is 0 Å². The Hall–Kier alpha value is -2.10. The Balaban J connectivity index is 2.27. The summed E-state index contributed by atoms with van der Waals surface area (Å²) in [6.45, 7) is 0. The van der Waals surface area contributed by atoms with E-state index in [-0.39, 0.29) is 6.42 Å². The summed E-state index contributed by atoms with van der Waals surface area (Å²) >= 11 is 0. The largest absolute Gasteiger partial charge is 0.481 e. The molecule has 15 heavy (non-hydrogen) atoms. The Morgan fingerprint density at radius 1 is 1.40 bits per heavy atom. The lowest BCUT2D eigenvalue weighted by Crippen LogP contribution is -2.05. The molecule has 1 aliphatic heterocycles. The van der Waals surface area contributed by atoms with E-state index in [0.717, 1.165) is 11.3 Å². The van der Waals surface area contributed by atoms with Crippen molar-refractivity contribution in [1.29, 1.82) is 0 Å². The average molecular weight is 202 g/mol. The van der Waals surface area contributed by atoms with Gasteiger partial charge in [-0.15, -0.1) is 0 Å². The van der Waals surface area contributed by atoms with E-state index in [4.69, 9.17) is 5.11 Å². The molecule has 2 N–H and O–H groups in total. The Bertz CT molecular complexity index is 450. The molecule has 4 heteroatoms. The molecule has 1 heterocycles. The standard InChI is InChI=1S/C11H10N2O2/c14-11(15)5-9-7-12-6-8-3-1-2-4-10(8)13-9/h1-4,6-7,13H,5H2,(H,14,15). The second-order valence-electron chi connectivity index (χ2n) is 3.22. The summed E-state index contributed by atoms with van der Waals surface area (Å²) in [7, 11) is 0. The number of fused-ring (bicyclic) bond motifs is 1. The van der Waals surface area contributed by atoms with Crippen molar-refractivity contribution in [2.45, 2.75) is 6.42 Å². The van der Waals surface area contributed by atoms with E-state index in [9.17, 15) is 4.79 Å². The highest BCUT2D eigenvalue weighted by atomic mass is 16.4. The summed E-state index contributed by atoms with van der Waals surface area (Å²) < 4.78 is 0. The first-order chi connectivity index (χ1) is 7.25. The molecule has 1 aromatic carbocycles. The number of hydrogen-bond donors (Lipinski definition) is 2. The number of aliphatic imine (C=N–C) groups is 1. The van der Waals surface area contributed by atoms with E-state index in [1.165, 1.54) is 6.20 Å². The van der Waals surface area contributed by atoms with Gasteiger partial charge in [-0.1, -0.05) is 18.2 Å². The van der Waals surface area contributed by atoms with Crippen molar-refractivity contribution >= 4 is 17.9 Å². The Morgan fingerprint density at radius 3 is 3.00 bits per heavy atom. The second kappa shape index (κ2) is 3.96. The summed E-state index contributed by atoms with van der Waals surface area (Å²) in [5.41, 5.74) is 2.42. The quantitative estimate of drug-likeness (QED) is 0.769. The number of carboxylic acid groups (broad SMARTS) is 1. The molecule has 76 valence electrons. The van der Waals surface area contributed by atoms with Crippen LogP contribution in [0, 0.1) is 0 Å². The maximum atomic E-state index is 10.6. The number of carbonyl (C=O) groups is 1. The van der Waals surface area contributed by atoms with Crippen molar-refractivity contribution in [1.82, 2.24) is 0 Å². The van der Waals surface area contributed by atoms with E-state index in [0.29, 0.717) is 5.70 Å². The van der Waals surface area contributed by atoms with Crippen molar-refractivity contribution in [2.75, 3.05) is 5.32 Å². The van der Waals surface area contributed by atoms with Crippen LogP contribution in [-0.4, -0.2) is 17.3 Å². The molecule has 0 saturated heterocycles. The molecule has 0 fully saturated rings. The van der Waals surface area contributed by atoms with Crippen LogP contribution in [0.4, 0.5) is 5.69 Å². The first kappa shape index (κ1) is 9.45. The maximum absolute atomic E-state index is 10.6. The van der Waals surface area contributed by atoms with Gasteiger partial charge in [0.25, 0.3) is 0 Å². The molecular formula is C11H10N2O2. The van der Waals surface area contributed by atoms with E-state index >= 15 is 0 Å². The van der Waals surface area contributed by atoms with Crippen LogP contribution in [0.1, 0.15) is 12.0 Å². The zero-order valence-electron chi connectivity index (χ0n) is 7.97. The van der Waals surface area contributed by atoms with Crippen molar-refractivity contribution in [3.63, 3.8) is 0 Å². The highest BCUT2D eigenvalue weighted by Crippen LogP contribution is 2.18. The molecule has 0 atom stereocenters.